The Morgan fingerprint density at radius 3 is 1.83 bits per heavy atom. The van der Waals surface area contributed by atoms with Gasteiger partial charge < -0.3 is 5.11 Å². The average molecular weight is 349 g/mol. The van der Waals surface area contributed by atoms with E-state index in [1.54, 1.807) is 0 Å². The zero-order chi connectivity index (χ0) is 17.5. The van der Waals surface area contributed by atoms with Crippen LogP contribution >= 0.6 is 12.2 Å². The summed E-state index contributed by atoms with van der Waals surface area (Å²) in [5.74, 6) is 0.140. The zero-order valence-electron chi connectivity index (χ0n) is 15.5. The second kappa shape index (κ2) is 14.5. The van der Waals surface area contributed by atoms with Gasteiger partial charge in [-0.3, -0.25) is 0 Å². The molecule has 0 saturated carbocycles. The Kier molecular flexibility index (Phi) is 12.7. The Labute approximate surface area is 154 Å². The lowest BCUT2D eigenvalue weighted by molar-refractivity contribution is 0.456. The minimum atomic E-state index is 0.140. The molecule has 1 unspecified atom stereocenters. The molecule has 1 aromatic rings. The first-order chi connectivity index (χ1) is 11.7. The summed E-state index contributed by atoms with van der Waals surface area (Å²) in [6, 6.07) is 10.4. The molecule has 1 atom stereocenters. The van der Waals surface area contributed by atoms with Crippen molar-refractivity contribution < 1.29 is 5.11 Å². The lowest BCUT2D eigenvalue weighted by Gasteiger charge is -2.14. The van der Waals surface area contributed by atoms with Crippen LogP contribution in [-0.2, 0) is 6.42 Å². The molecule has 1 N–H and O–H groups in total. The van der Waals surface area contributed by atoms with Crippen LogP contribution in [0.3, 0.4) is 0 Å². The third-order valence-electron chi connectivity index (χ3n) is 4.83. The molecular formula is C22H36OS. The number of benzene rings is 1. The van der Waals surface area contributed by atoms with Gasteiger partial charge in [0, 0.05) is 5.92 Å². The molecule has 0 bridgehead atoms. The van der Waals surface area contributed by atoms with Crippen LogP contribution in [0.4, 0.5) is 0 Å². The fourth-order valence-corrected chi connectivity index (χ4v) is 3.47. The molecule has 1 aromatic carbocycles. The van der Waals surface area contributed by atoms with Crippen LogP contribution in [0.5, 0.6) is 0 Å². The van der Waals surface area contributed by atoms with Gasteiger partial charge in [-0.15, -0.1) is 0 Å². The molecule has 1 nitrogen and oxygen atoms in total. The maximum absolute atomic E-state index is 9.77. The van der Waals surface area contributed by atoms with E-state index in [2.05, 4.69) is 31.2 Å². The van der Waals surface area contributed by atoms with Gasteiger partial charge in [-0.05, 0) is 30.6 Å². The van der Waals surface area contributed by atoms with E-state index in [0.29, 0.717) is 0 Å². The summed E-state index contributed by atoms with van der Waals surface area (Å²) in [7, 11) is 0. The van der Waals surface area contributed by atoms with E-state index in [4.69, 9.17) is 12.2 Å². The van der Waals surface area contributed by atoms with Crippen molar-refractivity contribution in [2.75, 3.05) is 0 Å². The summed E-state index contributed by atoms with van der Waals surface area (Å²) in [4.78, 5) is 0. The predicted molar refractivity (Wildman–Crippen MR) is 110 cm³/mol. The van der Waals surface area contributed by atoms with Crippen LogP contribution in [-0.4, -0.2) is 10.2 Å². The standard InChI is InChI=1S/C22H36OS/c1-2-3-4-5-6-7-8-9-10-11-15-18-21(22(23)24)19-20-16-13-12-14-17-20/h12-14,16-17,21H,2-11,15,18-19H2,1H3,(H,23,24). The third kappa shape index (κ3) is 10.8. The SMILES string of the molecule is CCCCCCCCCCCCCC(Cc1ccccc1)C(O)=S. The maximum atomic E-state index is 9.77. The second-order valence-corrected chi connectivity index (χ2v) is 7.47. The van der Waals surface area contributed by atoms with E-state index in [-0.39, 0.29) is 11.0 Å². The van der Waals surface area contributed by atoms with Crippen molar-refractivity contribution >= 4 is 17.3 Å². The summed E-state index contributed by atoms with van der Waals surface area (Å²) < 4.78 is 0. The Balaban J connectivity index is 2.02. The monoisotopic (exact) mass is 348 g/mol. The predicted octanol–water partition coefficient (Wildman–Crippen LogP) is 7.43. The number of hydrogen-bond donors (Lipinski definition) is 1. The highest BCUT2D eigenvalue weighted by Gasteiger charge is 2.13. The summed E-state index contributed by atoms with van der Waals surface area (Å²) in [5, 5.41) is 9.95. The van der Waals surface area contributed by atoms with Crippen molar-refractivity contribution in [3.8, 4) is 0 Å². The van der Waals surface area contributed by atoms with E-state index in [1.165, 1.54) is 76.2 Å². The Bertz CT molecular complexity index is 415. The van der Waals surface area contributed by atoms with Gasteiger partial charge in [-0.1, -0.05) is 108 Å². The van der Waals surface area contributed by atoms with Crippen molar-refractivity contribution in [2.24, 2.45) is 5.92 Å². The minimum absolute atomic E-state index is 0.140. The van der Waals surface area contributed by atoms with Crippen LogP contribution in [0.25, 0.3) is 0 Å². The maximum Gasteiger partial charge on any atom is 0.159 e. The van der Waals surface area contributed by atoms with E-state index < -0.39 is 0 Å². The lowest BCUT2D eigenvalue weighted by atomic mass is 9.94. The smallest absolute Gasteiger partial charge is 0.159 e. The van der Waals surface area contributed by atoms with Crippen LogP contribution in [0, 0.1) is 5.92 Å². The number of aliphatic hydroxyl groups excluding tert-OH is 1. The van der Waals surface area contributed by atoms with Gasteiger partial charge in [0.15, 0.2) is 5.05 Å². The molecule has 24 heavy (non-hydrogen) atoms. The van der Waals surface area contributed by atoms with E-state index in [1.807, 2.05) is 6.07 Å². The highest BCUT2D eigenvalue weighted by Crippen LogP contribution is 2.18. The van der Waals surface area contributed by atoms with Crippen molar-refractivity contribution in [3.05, 3.63) is 35.9 Å². The largest absolute Gasteiger partial charge is 0.502 e. The molecule has 0 aliphatic carbocycles. The first kappa shape index (κ1) is 21.2. The molecule has 0 fully saturated rings. The Morgan fingerprint density at radius 1 is 0.833 bits per heavy atom. The highest BCUT2D eigenvalue weighted by molar-refractivity contribution is 7.80. The van der Waals surface area contributed by atoms with E-state index >= 15 is 0 Å². The Morgan fingerprint density at radius 2 is 1.33 bits per heavy atom. The van der Waals surface area contributed by atoms with Gasteiger partial charge in [0.05, 0.1) is 0 Å². The molecule has 136 valence electrons. The first-order valence-electron chi connectivity index (χ1n) is 10.0. The number of thiocarbonyl (C=S) groups is 1. The molecule has 0 aromatic heterocycles. The average Bonchev–Trinajstić information content (AvgIpc) is 2.59. The fraction of sp³-hybridized carbons (Fsp3) is 0.682. The summed E-state index contributed by atoms with van der Waals surface area (Å²) in [6.07, 6.45) is 16.8. The molecule has 0 heterocycles. The Hall–Kier alpha value is -0.890. The second-order valence-electron chi connectivity index (χ2n) is 7.05. The van der Waals surface area contributed by atoms with Gasteiger partial charge in [-0.25, -0.2) is 0 Å². The molecule has 0 aliphatic heterocycles. The van der Waals surface area contributed by atoms with Crippen molar-refractivity contribution in [3.63, 3.8) is 0 Å². The van der Waals surface area contributed by atoms with Gasteiger partial charge in [0.25, 0.3) is 0 Å². The van der Waals surface area contributed by atoms with Crippen LogP contribution in [0.2, 0.25) is 0 Å². The van der Waals surface area contributed by atoms with Gasteiger partial charge in [-0.2, -0.15) is 0 Å². The summed E-state index contributed by atoms with van der Waals surface area (Å²) >= 11 is 5.05. The van der Waals surface area contributed by atoms with Crippen molar-refractivity contribution in [2.45, 2.75) is 90.4 Å². The number of unbranched alkanes of at least 4 members (excludes halogenated alkanes) is 10. The molecule has 2 heteroatoms. The zero-order valence-corrected chi connectivity index (χ0v) is 16.3. The van der Waals surface area contributed by atoms with Crippen LogP contribution in [0.15, 0.2) is 30.3 Å². The van der Waals surface area contributed by atoms with E-state index in [0.717, 1.165) is 12.8 Å². The van der Waals surface area contributed by atoms with Crippen LogP contribution < -0.4 is 0 Å². The number of rotatable bonds is 15. The lowest BCUT2D eigenvalue weighted by Crippen LogP contribution is -2.14. The van der Waals surface area contributed by atoms with Crippen molar-refractivity contribution in [1.29, 1.82) is 0 Å². The molecule has 1 rings (SSSR count). The van der Waals surface area contributed by atoms with Gasteiger partial charge in [0.1, 0.15) is 0 Å². The molecule has 0 aliphatic rings. The molecule has 0 spiro atoms. The fourth-order valence-electron chi connectivity index (χ4n) is 3.27. The molecule has 0 saturated heterocycles. The quantitative estimate of drug-likeness (QED) is 0.263. The molecular weight excluding hydrogens is 312 g/mol. The molecule has 0 radical (unpaired) electrons. The topological polar surface area (TPSA) is 20.2 Å². The van der Waals surface area contributed by atoms with Crippen molar-refractivity contribution in [1.82, 2.24) is 0 Å². The minimum Gasteiger partial charge on any atom is -0.502 e. The first-order valence-corrected chi connectivity index (χ1v) is 10.4. The van der Waals surface area contributed by atoms with Gasteiger partial charge >= 0.3 is 0 Å². The normalized spacial score (nSPS) is 12.2. The number of aliphatic hydroxyl groups is 1. The van der Waals surface area contributed by atoms with Gasteiger partial charge in [0.2, 0.25) is 0 Å². The van der Waals surface area contributed by atoms with Crippen LogP contribution in [0.1, 0.15) is 89.5 Å². The summed E-state index contributed by atoms with van der Waals surface area (Å²) in [5.41, 5.74) is 1.27. The van der Waals surface area contributed by atoms with E-state index in [9.17, 15) is 5.11 Å². The summed E-state index contributed by atoms with van der Waals surface area (Å²) in [6.45, 7) is 2.27. The highest BCUT2D eigenvalue weighted by atomic mass is 32.1. The molecule has 0 amide bonds. The third-order valence-corrected chi connectivity index (χ3v) is 5.16. The number of hydrogen-bond acceptors (Lipinski definition) is 1.